The van der Waals surface area contributed by atoms with Gasteiger partial charge in [0.1, 0.15) is 0 Å². The summed E-state index contributed by atoms with van der Waals surface area (Å²) in [5, 5.41) is 6.90. The number of aromatic nitrogens is 1. The first-order valence-corrected chi connectivity index (χ1v) is 5.31. The predicted octanol–water partition coefficient (Wildman–Crippen LogP) is 0.251. The van der Waals surface area contributed by atoms with Crippen LogP contribution >= 0.6 is 0 Å². The maximum absolute atomic E-state index is 12.0. The van der Waals surface area contributed by atoms with E-state index < -0.39 is 0 Å². The van der Waals surface area contributed by atoms with Crippen LogP contribution in [0.4, 0.5) is 0 Å². The van der Waals surface area contributed by atoms with Gasteiger partial charge in [0.25, 0.3) is 5.91 Å². The van der Waals surface area contributed by atoms with Gasteiger partial charge in [-0.2, -0.15) is 0 Å². The van der Waals surface area contributed by atoms with Gasteiger partial charge in [-0.05, 0) is 12.8 Å². The van der Waals surface area contributed by atoms with Crippen LogP contribution in [0.25, 0.3) is 0 Å². The lowest BCUT2D eigenvalue weighted by molar-refractivity contribution is 0.0330. The average Bonchev–Trinajstić information content (AvgIpc) is 2.71. The SMILES string of the molecule is O=C(c1ccno1)N1CCCC2NCC21. The molecule has 0 aliphatic carbocycles. The summed E-state index contributed by atoms with van der Waals surface area (Å²) in [4.78, 5) is 13.9. The zero-order valence-electron chi connectivity index (χ0n) is 8.35. The average molecular weight is 207 g/mol. The highest BCUT2D eigenvalue weighted by molar-refractivity contribution is 5.91. The predicted molar refractivity (Wildman–Crippen MR) is 52.4 cm³/mol. The molecule has 3 heterocycles. The summed E-state index contributed by atoms with van der Waals surface area (Å²) in [7, 11) is 0. The van der Waals surface area contributed by atoms with Crippen molar-refractivity contribution in [3.05, 3.63) is 18.0 Å². The molecule has 0 bridgehead atoms. The number of fused-ring (bicyclic) bond motifs is 1. The molecule has 2 aliphatic rings. The molecule has 1 amide bonds. The van der Waals surface area contributed by atoms with Gasteiger partial charge in [-0.15, -0.1) is 0 Å². The fourth-order valence-electron chi connectivity index (χ4n) is 2.38. The van der Waals surface area contributed by atoms with E-state index in [2.05, 4.69) is 10.5 Å². The smallest absolute Gasteiger partial charge is 0.292 e. The first-order valence-electron chi connectivity index (χ1n) is 5.31. The Balaban J connectivity index is 1.78. The maximum atomic E-state index is 12.0. The van der Waals surface area contributed by atoms with Gasteiger partial charge in [-0.1, -0.05) is 5.16 Å². The summed E-state index contributed by atoms with van der Waals surface area (Å²) < 4.78 is 4.89. The number of piperidine rings is 1. The largest absolute Gasteiger partial charge is 0.351 e. The molecular formula is C10H13N3O2. The number of amides is 1. The van der Waals surface area contributed by atoms with Crippen LogP contribution in [-0.2, 0) is 0 Å². The monoisotopic (exact) mass is 207 g/mol. The van der Waals surface area contributed by atoms with Crippen LogP contribution in [0.2, 0.25) is 0 Å². The molecular weight excluding hydrogens is 194 g/mol. The van der Waals surface area contributed by atoms with E-state index in [4.69, 9.17) is 4.52 Å². The van der Waals surface area contributed by atoms with Crippen molar-refractivity contribution in [2.45, 2.75) is 24.9 Å². The second-order valence-corrected chi connectivity index (χ2v) is 4.10. The molecule has 3 rings (SSSR count). The van der Waals surface area contributed by atoms with Crippen LogP contribution in [0.5, 0.6) is 0 Å². The summed E-state index contributed by atoms with van der Waals surface area (Å²) in [6.07, 6.45) is 3.74. The van der Waals surface area contributed by atoms with E-state index in [9.17, 15) is 4.79 Å². The third-order valence-electron chi connectivity index (χ3n) is 3.28. The number of nitrogens with zero attached hydrogens (tertiary/aromatic N) is 2. The number of rotatable bonds is 1. The van der Waals surface area contributed by atoms with E-state index >= 15 is 0 Å². The van der Waals surface area contributed by atoms with Crippen LogP contribution in [0.1, 0.15) is 23.4 Å². The zero-order valence-corrected chi connectivity index (χ0v) is 8.35. The van der Waals surface area contributed by atoms with Crippen molar-refractivity contribution in [2.75, 3.05) is 13.1 Å². The fourth-order valence-corrected chi connectivity index (χ4v) is 2.38. The van der Waals surface area contributed by atoms with Gasteiger partial charge in [-0.3, -0.25) is 4.79 Å². The first-order chi connectivity index (χ1) is 7.36. The molecule has 2 atom stereocenters. The normalized spacial score (nSPS) is 29.5. The summed E-state index contributed by atoms with van der Waals surface area (Å²) in [5.74, 6) is 0.325. The summed E-state index contributed by atoms with van der Waals surface area (Å²) >= 11 is 0. The molecule has 2 saturated heterocycles. The topological polar surface area (TPSA) is 58.4 Å². The van der Waals surface area contributed by atoms with Crippen molar-refractivity contribution in [2.24, 2.45) is 0 Å². The molecule has 1 aromatic heterocycles. The fraction of sp³-hybridized carbons (Fsp3) is 0.600. The molecule has 1 N–H and O–H groups in total. The van der Waals surface area contributed by atoms with E-state index in [1.807, 2.05) is 4.90 Å². The lowest BCUT2D eigenvalue weighted by Gasteiger charge is -2.48. The van der Waals surface area contributed by atoms with Crippen molar-refractivity contribution in [3.8, 4) is 0 Å². The highest BCUT2D eigenvalue weighted by Crippen LogP contribution is 2.24. The Bertz CT molecular complexity index is 363. The number of likely N-dealkylation sites (tertiary alicyclic amines) is 1. The summed E-state index contributed by atoms with van der Waals surface area (Å²) in [6, 6.07) is 2.47. The Morgan fingerprint density at radius 2 is 2.60 bits per heavy atom. The second kappa shape index (κ2) is 3.34. The standard InChI is InChI=1S/C10H13N3O2/c14-10(9-3-4-12-15-9)13-5-1-2-7-8(13)6-11-7/h3-4,7-8,11H,1-2,5-6H2. The Hall–Kier alpha value is -1.36. The molecule has 2 unspecified atom stereocenters. The van der Waals surface area contributed by atoms with E-state index in [0.29, 0.717) is 17.8 Å². The number of carbonyl (C=O) groups excluding carboxylic acids is 1. The molecule has 2 fully saturated rings. The van der Waals surface area contributed by atoms with Gasteiger partial charge in [0.2, 0.25) is 5.76 Å². The van der Waals surface area contributed by atoms with Gasteiger partial charge in [0.15, 0.2) is 0 Å². The second-order valence-electron chi connectivity index (χ2n) is 4.10. The molecule has 5 heteroatoms. The van der Waals surface area contributed by atoms with Crippen molar-refractivity contribution in [1.82, 2.24) is 15.4 Å². The molecule has 0 radical (unpaired) electrons. The van der Waals surface area contributed by atoms with E-state index in [1.165, 1.54) is 12.6 Å². The lowest BCUT2D eigenvalue weighted by atomic mass is 9.89. The highest BCUT2D eigenvalue weighted by atomic mass is 16.5. The molecule has 5 nitrogen and oxygen atoms in total. The third kappa shape index (κ3) is 1.34. The number of carbonyl (C=O) groups is 1. The maximum Gasteiger partial charge on any atom is 0.292 e. The van der Waals surface area contributed by atoms with Crippen molar-refractivity contribution in [1.29, 1.82) is 0 Å². The molecule has 1 aromatic rings. The number of hydrogen-bond acceptors (Lipinski definition) is 4. The Kier molecular flexibility index (Phi) is 1.98. The molecule has 0 spiro atoms. The first kappa shape index (κ1) is 8.91. The minimum absolute atomic E-state index is 0.0244. The third-order valence-corrected chi connectivity index (χ3v) is 3.28. The van der Waals surface area contributed by atoms with Gasteiger partial charge in [0, 0.05) is 25.2 Å². The Morgan fingerprint density at radius 3 is 3.27 bits per heavy atom. The molecule has 2 aliphatic heterocycles. The molecule has 15 heavy (non-hydrogen) atoms. The Morgan fingerprint density at radius 1 is 1.67 bits per heavy atom. The van der Waals surface area contributed by atoms with Gasteiger partial charge in [-0.25, -0.2) is 0 Å². The number of hydrogen-bond donors (Lipinski definition) is 1. The van der Waals surface area contributed by atoms with Crippen LogP contribution in [0.15, 0.2) is 16.8 Å². The molecule has 80 valence electrons. The van der Waals surface area contributed by atoms with Gasteiger partial charge < -0.3 is 14.7 Å². The Labute approximate surface area is 87.4 Å². The van der Waals surface area contributed by atoms with E-state index in [-0.39, 0.29) is 5.91 Å². The van der Waals surface area contributed by atoms with Crippen LogP contribution in [0, 0.1) is 0 Å². The van der Waals surface area contributed by atoms with E-state index in [1.54, 1.807) is 6.07 Å². The van der Waals surface area contributed by atoms with Crippen LogP contribution in [-0.4, -0.2) is 41.1 Å². The van der Waals surface area contributed by atoms with Crippen molar-refractivity contribution >= 4 is 5.91 Å². The van der Waals surface area contributed by atoms with E-state index in [0.717, 1.165) is 19.5 Å². The highest BCUT2D eigenvalue weighted by Gasteiger charge is 2.40. The summed E-state index contributed by atoms with van der Waals surface area (Å²) in [6.45, 7) is 1.74. The minimum atomic E-state index is -0.0244. The quantitative estimate of drug-likeness (QED) is 0.717. The van der Waals surface area contributed by atoms with Gasteiger partial charge in [0.05, 0.1) is 12.2 Å². The zero-order chi connectivity index (χ0) is 10.3. The van der Waals surface area contributed by atoms with Crippen molar-refractivity contribution in [3.63, 3.8) is 0 Å². The van der Waals surface area contributed by atoms with Crippen LogP contribution in [0.3, 0.4) is 0 Å². The summed E-state index contributed by atoms with van der Waals surface area (Å²) in [5.41, 5.74) is 0. The molecule has 0 aromatic carbocycles. The lowest BCUT2D eigenvalue weighted by Crippen LogP contribution is -2.68. The van der Waals surface area contributed by atoms with Crippen LogP contribution < -0.4 is 5.32 Å². The minimum Gasteiger partial charge on any atom is -0.351 e. The van der Waals surface area contributed by atoms with Crippen molar-refractivity contribution < 1.29 is 9.32 Å². The van der Waals surface area contributed by atoms with Gasteiger partial charge >= 0.3 is 0 Å². The molecule has 0 saturated carbocycles. The number of nitrogens with one attached hydrogen (secondary N) is 1.